The highest BCUT2D eigenvalue weighted by molar-refractivity contribution is 5.62. The number of carbonyl (C=O) groups is 1. The van der Waals surface area contributed by atoms with Crippen LogP contribution in [-0.4, -0.2) is 39.1 Å². The number of allylic oxidation sites excluding steroid dienone is 5. The Morgan fingerprint density at radius 1 is 1.07 bits per heavy atom. The van der Waals surface area contributed by atoms with Crippen molar-refractivity contribution < 1.29 is 33.6 Å². The van der Waals surface area contributed by atoms with Gasteiger partial charge in [-0.1, -0.05) is 23.8 Å². The van der Waals surface area contributed by atoms with Gasteiger partial charge in [0, 0.05) is 0 Å². The largest absolute Gasteiger partial charge is 0.513 e. The molecule has 0 amide bonds. The number of benzene rings is 1. The Morgan fingerprint density at radius 2 is 1.82 bits per heavy atom. The molecule has 1 aromatic rings. The second-order valence-corrected chi connectivity index (χ2v) is 6.01. The van der Waals surface area contributed by atoms with Crippen LogP contribution in [0.25, 0.3) is 0 Å². The van der Waals surface area contributed by atoms with E-state index in [0.29, 0.717) is 12.2 Å². The summed E-state index contributed by atoms with van der Waals surface area (Å²) in [7, 11) is 0. The van der Waals surface area contributed by atoms with Crippen molar-refractivity contribution in [3.8, 4) is 5.75 Å². The second-order valence-electron chi connectivity index (χ2n) is 6.01. The molecule has 28 heavy (non-hydrogen) atoms. The highest BCUT2D eigenvalue weighted by Crippen LogP contribution is 2.23. The SMILES string of the molecule is CC(Cc1ccc([O])cc1)=C1C=CC(OC(=O)OCCOCCO[C]=O)=CC1. The zero-order valence-corrected chi connectivity index (χ0v) is 15.6. The monoisotopic (exact) mass is 386 g/mol. The maximum absolute atomic E-state index is 11.6. The smallest absolute Gasteiger partial charge is 0.455 e. The van der Waals surface area contributed by atoms with Gasteiger partial charge in [0.15, 0.2) is 5.75 Å². The van der Waals surface area contributed by atoms with Gasteiger partial charge in [0.05, 0.1) is 13.2 Å². The number of ether oxygens (including phenoxy) is 4. The molecule has 2 radical (unpaired) electrons. The molecular weight excluding hydrogens is 364 g/mol. The highest BCUT2D eigenvalue weighted by Gasteiger charge is 2.11. The molecule has 0 aliphatic heterocycles. The van der Waals surface area contributed by atoms with Crippen molar-refractivity contribution in [3.05, 3.63) is 65.0 Å². The lowest BCUT2D eigenvalue weighted by molar-refractivity contribution is 0.0325. The van der Waals surface area contributed by atoms with Crippen LogP contribution >= 0.6 is 0 Å². The first kappa shape index (κ1) is 21.2. The molecule has 0 saturated heterocycles. The van der Waals surface area contributed by atoms with Crippen LogP contribution in [0.5, 0.6) is 5.75 Å². The standard InChI is InChI=1S/C21H22O7/c1-16(14-17-2-6-19(23)7-3-17)18-4-8-20(9-5-18)28-21(24)27-13-12-25-10-11-26-15-22/h2-4,6-9H,5,10-14H2,1H3. The van der Waals surface area contributed by atoms with E-state index >= 15 is 0 Å². The van der Waals surface area contributed by atoms with E-state index in [0.717, 1.165) is 17.6 Å². The van der Waals surface area contributed by atoms with Crippen molar-refractivity contribution in [1.29, 1.82) is 0 Å². The topological polar surface area (TPSA) is 91.0 Å². The summed E-state index contributed by atoms with van der Waals surface area (Å²) in [6, 6.07) is 6.78. The molecule has 7 heteroatoms. The molecule has 0 fully saturated rings. The maximum Gasteiger partial charge on any atom is 0.513 e. The summed E-state index contributed by atoms with van der Waals surface area (Å²) in [4.78, 5) is 21.5. The van der Waals surface area contributed by atoms with Crippen LogP contribution in [0.4, 0.5) is 4.79 Å². The fourth-order valence-electron chi connectivity index (χ4n) is 2.50. The summed E-state index contributed by atoms with van der Waals surface area (Å²) >= 11 is 0. The molecule has 0 N–H and O–H groups in total. The Kier molecular flexibility index (Phi) is 8.81. The van der Waals surface area contributed by atoms with E-state index in [2.05, 4.69) is 4.74 Å². The first-order chi connectivity index (χ1) is 13.6. The minimum atomic E-state index is -0.807. The summed E-state index contributed by atoms with van der Waals surface area (Å²) in [5.41, 5.74) is 3.39. The van der Waals surface area contributed by atoms with E-state index in [1.807, 2.05) is 31.2 Å². The predicted octanol–water partition coefficient (Wildman–Crippen LogP) is 3.79. The molecule has 0 heterocycles. The minimum Gasteiger partial charge on any atom is -0.455 e. The molecule has 148 valence electrons. The molecule has 0 bridgehead atoms. The predicted molar refractivity (Wildman–Crippen MR) is 99.7 cm³/mol. The van der Waals surface area contributed by atoms with E-state index in [-0.39, 0.29) is 32.2 Å². The quantitative estimate of drug-likeness (QED) is 0.449. The molecule has 0 aromatic heterocycles. The third-order valence-corrected chi connectivity index (χ3v) is 3.95. The van der Waals surface area contributed by atoms with Crippen molar-refractivity contribution in [2.75, 3.05) is 26.4 Å². The molecule has 7 nitrogen and oxygen atoms in total. The van der Waals surface area contributed by atoms with Crippen molar-refractivity contribution in [1.82, 2.24) is 0 Å². The van der Waals surface area contributed by atoms with Crippen LogP contribution in [0.2, 0.25) is 0 Å². The van der Waals surface area contributed by atoms with Gasteiger partial charge in [0.25, 0.3) is 0 Å². The van der Waals surface area contributed by atoms with Crippen LogP contribution in [-0.2, 0) is 35.3 Å². The summed E-state index contributed by atoms with van der Waals surface area (Å²) in [6.07, 6.45) is 6.02. The number of rotatable bonds is 10. The lowest BCUT2D eigenvalue weighted by Crippen LogP contribution is -2.13. The zero-order chi connectivity index (χ0) is 20.2. The lowest BCUT2D eigenvalue weighted by Gasteiger charge is -2.13. The Bertz CT molecular complexity index is 745. The Hall–Kier alpha value is -3.06. The van der Waals surface area contributed by atoms with Crippen molar-refractivity contribution >= 4 is 12.6 Å². The molecule has 0 atom stereocenters. The first-order valence-corrected chi connectivity index (χ1v) is 8.82. The van der Waals surface area contributed by atoms with Gasteiger partial charge in [-0.25, -0.2) is 9.59 Å². The third-order valence-electron chi connectivity index (χ3n) is 3.95. The van der Waals surface area contributed by atoms with Crippen LogP contribution in [0.1, 0.15) is 18.9 Å². The van der Waals surface area contributed by atoms with Gasteiger partial charge in [-0.3, -0.25) is 5.11 Å². The minimum absolute atomic E-state index is 0.000329. The van der Waals surface area contributed by atoms with Crippen LogP contribution in [0, 0.1) is 0 Å². The van der Waals surface area contributed by atoms with Gasteiger partial charge in [-0.05, 0) is 55.2 Å². The maximum atomic E-state index is 11.6. The molecule has 0 saturated carbocycles. The van der Waals surface area contributed by atoms with E-state index in [9.17, 15) is 14.7 Å². The van der Waals surface area contributed by atoms with Gasteiger partial charge < -0.3 is 18.9 Å². The zero-order valence-electron chi connectivity index (χ0n) is 15.6. The lowest BCUT2D eigenvalue weighted by atomic mass is 9.96. The van der Waals surface area contributed by atoms with Crippen molar-refractivity contribution in [2.24, 2.45) is 0 Å². The Balaban J connectivity index is 1.71. The van der Waals surface area contributed by atoms with Gasteiger partial charge >= 0.3 is 12.6 Å². The van der Waals surface area contributed by atoms with E-state index < -0.39 is 6.16 Å². The normalized spacial score (nSPS) is 14.8. The molecule has 2 rings (SSSR count). The highest BCUT2D eigenvalue weighted by atomic mass is 16.7. The molecule has 0 spiro atoms. The average molecular weight is 386 g/mol. The second kappa shape index (κ2) is 11.6. The summed E-state index contributed by atoms with van der Waals surface area (Å²) in [5.74, 6) is 0.424. The van der Waals surface area contributed by atoms with Crippen molar-refractivity contribution in [2.45, 2.75) is 19.8 Å². The van der Waals surface area contributed by atoms with Crippen LogP contribution in [0.3, 0.4) is 0 Å². The van der Waals surface area contributed by atoms with E-state index in [4.69, 9.17) is 14.2 Å². The number of carbonyl (C=O) groups excluding carboxylic acids is 2. The summed E-state index contributed by atoms with van der Waals surface area (Å²) < 4.78 is 19.4. The molecule has 1 aliphatic rings. The van der Waals surface area contributed by atoms with Gasteiger partial charge in [-0.2, -0.15) is 0 Å². The van der Waals surface area contributed by atoms with E-state index in [1.165, 1.54) is 12.0 Å². The number of hydrogen-bond donors (Lipinski definition) is 0. The van der Waals surface area contributed by atoms with Crippen molar-refractivity contribution in [3.63, 3.8) is 0 Å². The summed E-state index contributed by atoms with van der Waals surface area (Å²) in [5, 5.41) is 11.2. The Labute approximate surface area is 163 Å². The molecule has 1 aliphatic carbocycles. The molecule has 1 aromatic carbocycles. The van der Waals surface area contributed by atoms with Gasteiger partial charge in [0.2, 0.25) is 0 Å². The van der Waals surface area contributed by atoms with Crippen LogP contribution in [0.15, 0.2) is 59.4 Å². The number of hydrogen-bond acceptors (Lipinski definition) is 6. The third kappa shape index (κ3) is 7.67. The van der Waals surface area contributed by atoms with Crippen LogP contribution < -0.4 is 0 Å². The first-order valence-electron chi connectivity index (χ1n) is 8.82. The van der Waals surface area contributed by atoms with Gasteiger partial charge in [-0.15, -0.1) is 0 Å². The van der Waals surface area contributed by atoms with Gasteiger partial charge in [0.1, 0.15) is 19.0 Å². The Morgan fingerprint density at radius 3 is 2.50 bits per heavy atom. The fourth-order valence-corrected chi connectivity index (χ4v) is 2.50. The van der Waals surface area contributed by atoms with E-state index in [1.54, 1.807) is 18.2 Å². The fraction of sp³-hybridized carbons (Fsp3) is 0.333. The molecular formula is C21H22O7. The molecule has 0 unspecified atom stereocenters. The summed E-state index contributed by atoms with van der Waals surface area (Å²) in [6.45, 7) is 3.84. The average Bonchev–Trinajstić information content (AvgIpc) is 2.69.